The summed E-state index contributed by atoms with van der Waals surface area (Å²) in [5.41, 5.74) is 0. The van der Waals surface area contributed by atoms with Crippen molar-refractivity contribution in [3.05, 3.63) is 24.4 Å². The summed E-state index contributed by atoms with van der Waals surface area (Å²) in [6.07, 6.45) is 2.91. The number of aryl methyl sites for hydroxylation is 1. The molecule has 7 nitrogen and oxygen atoms in total. The Morgan fingerprint density at radius 2 is 2.29 bits per heavy atom. The SMILES string of the molecule is C=CC(=O)N(CC)CC(=O)N1CCCC1c1nnc(C)o1. The van der Waals surface area contributed by atoms with Gasteiger partial charge < -0.3 is 14.2 Å². The van der Waals surface area contributed by atoms with Gasteiger partial charge in [-0.2, -0.15) is 0 Å². The number of likely N-dealkylation sites (N-methyl/N-ethyl adjacent to an activating group) is 1. The second-order valence-corrected chi connectivity index (χ2v) is 4.96. The molecule has 2 amide bonds. The van der Waals surface area contributed by atoms with Crippen LogP contribution in [0.3, 0.4) is 0 Å². The first kappa shape index (κ1) is 15.2. The molecule has 7 heteroatoms. The molecule has 0 saturated carbocycles. The van der Waals surface area contributed by atoms with Gasteiger partial charge in [-0.3, -0.25) is 9.59 Å². The molecular weight excluding hydrogens is 272 g/mol. The highest BCUT2D eigenvalue weighted by molar-refractivity contribution is 5.91. The molecule has 21 heavy (non-hydrogen) atoms. The van der Waals surface area contributed by atoms with Crippen LogP contribution in [0, 0.1) is 6.92 Å². The molecule has 1 saturated heterocycles. The fourth-order valence-electron chi connectivity index (χ4n) is 2.50. The molecule has 0 aromatic carbocycles. The number of hydrogen-bond acceptors (Lipinski definition) is 5. The molecule has 0 N–H and O–H groups in total. The monoisotopic (exact) mass is 292 g/mol. The normalized spacial score (nSPS) is 17.8. The number of nitrogens with zero attached hydrogens (tertiary/aromatic N) is 4. The second kappa shape index (κ2) is 6.51. The molecular formula is C14H20N4O3. The molecule has 2 rings (SSSR count). The van der Waals surface area contributed by atoms with Gasteiger partial charge in [-0.25, -0.2) is 0 Å². The van der Waals surface area contributed by atoms with E-state index >= 15 is 0 Å². The molecule has 1 aliphatic rings. The van der Waals surface area contributed by atoms with Crippen LogP contribution in [0.15, 0.2) is 17.1 Å². The number of carbonyl (C=O) groups is 2. The fraction of sp³-hybridized carbons (Fsp3) is 0.571. The lowest BCUT2D eigenvalue weighted by Crippen LogP contribution is -2.42. The molecule has 0 aliphatic carbocycles. The van der Waals surface area contributed by atoms with Crippen LogP contribution in [0.1, 0.15) is 37.6 Å². The van der Waals surface area contributed by atoms with Crippen molar-refractivity contribution in [3.63, 3.8) is 0 Å². The minimum atomic E-state index is -0.241. The summed E-state index contributed by atoms with van der Waals surface area (Å²) in [7, 11) is 0. The Bertz CT molecular complexity index is 540. The van der Waals surface area contributed by atoms with Crippen LogP contribution in [0.2, 0.25) is 0 Å². The third kappa shape index (κ3) is 3.29. The Kier molecular flexibility index (Phi) is 4.72. The van der Waals surface area contributed by atoms with E-state index in [1.54, 1.807) is 11.8 Å². The van der Waals surface area contributed by atoms with Gasteiger partial charge >= 0.3 is 0 Å². The van der Waals surface area contributed by atoms with Crippen LogP contribution < -0.4 is 0 Å². The highest BCUT2D eigenvalue weighted by Crippen LogP contribution is 2.31. The van der Waals surface area contributed by atoms with Crippen LogP contribution in [0.4, 0.5) is 0 Å². The van der Waals surface area contributed by atoms with Crippen molar-refractivity contribution in [1.82, 2.24) is 20.0 Å². The first-order valence-corrected chi connectivity index (χ1v) is 7.07. The summed E-state index contributed by atoms with van der Waals surface area (Å²) in [6, 6.07) is -0.184. The summed E-state index contributed by atoms with van der Waals surface area (Å²) < 4.78 is 5.43. The van der Waals surface area contributed by atoms with Crippen molar-refractivity contribution in [1.29, 1.82) is 0 Å². The van der Waals surface area contributed by atoms with Crippen molar-refractivity contribution in [2.45, 2.75) is 32.7 Å². The van der Waals surface area contributed by atoms with E-state index in [1.807, 2.05) is 6.92 Å². The van der Waals surface area contributed by atoms with E-state index in [2.05, 4.69) is 16.8 Å². The highest BCUT2D eigenvalue weighted by atomic mass is 16.4. The third-order valence-electron chi connectivity index (χ3n) is 3.59. The van der Waals surface area contributed by atoms with Gasteiger partial charge in [-0.1, -0.05) is 6.58 Å². The minimum Gasteiger partial charge on any atom is -0.423 e. The summed E-state index contributed by atoms with van der Waals surface area (Å²) in [6.45, 7) is 8.16. The molecule has 1 aromatic rings. The van der Waals surface area contributed by atoms with Crippen molar-refractivity contribution < 1.29 is 14.0 Å². The van der Waals surface area contributed by atoms with Gasteiger partial charge in [0.25, 0.3) is 0 Å². The predicted molar refractivity (Wildman–Crippen MR) is 75.2 cm³/mol. The van der Waals surface area contributed by atoms with E-state index in [9.17, 15) is 9.59 Å². The Balaban J connectivity index is 2.07. The number of hydrogen-bond donors (Lipinski definition) is 0. The maximum Gasteiger partial charge on any atom is 0.246 e. The maximum atomic E-state index is 12.4. The zero-order valence-corrected chi connectivity index (χ0v) is 12.4. The van der Waals surface area contributed by atoms with Gasteiger partial charge in [0, 0.05) is 20.0 Å². The second-order valence-electron chi connectivity index (χ2n) is 4.96. The number of aromatic nitrogens is 2. The molecule has 1 aromatic heterocycles. The Morgan fingerprint density at radius 1 is 1.52 bits per heavy atom. The van der Waals surface area contributed by atoms with E-state index in [0.717, 1.165) is 12.8 Å². The number of likely N-dealkylation sites (tertiary alicyclic amines) is 1. The predicted octanol–water partition coefficient (Wildman–Crippen LogP) is 1.08. The van der Waals surface area contributed by atoms with Crippen LogP contribution in [-0.2, 0) is 9.59 Å². The summed E-state index contributed by atoms with van der Waals surface area (Å²) >= 11 is 0. The van der Waals surface area contributed by atoms with Gasteiger partial charge in [-0.15, -0.1) is 10.2 Å². The van der Waals surface area contributed by atoms with Crippen molar-refractivity contribution >= 4 is 11.8 Å². The van der Waals surface area contributed by atoms with Crippen molar-refractivity contribution in [2.75, 3.05) is 19.6 Å². The van der Waals surface area contributed by atoms with E-state index in [0.29, 0.717) is 24.9 Å². The molecule has 2 heterocycles. The summed E-state index contributed by atoms with van der Waals surface area (Å²) in [5.74, 6) is 0.610. The molecule has 0 bridgehead atoms. The first-order valence-electron chi connectivity index (χ1n) is 7.07. The molecule has 0 spiro atoms. The average molecular weight is 292 g/mol. The van der Waals surface area contributed by atoms with E-state index < -0.39 is 0 Å². The Morgan fingerprint density at radius 3 is 2.86 bits per heavy atom. The van der Waals surface area contributed by atoms with Gasteiger partial charge in [0.15, 0.2) is 0 Å². The zero-order valence-electron chi connectivity index (χ0n) is 12.4. The van der Waals surface area contributed by atoms with E-state index in [1.165, 1.54) is 11.0 Å². The quantitative estimate of drug-likeness (QED) is 0.759. The van der Waals surface area contributed by atoms with Gasteiger partial charge in [0.2, 0.25) is 23.6 Å². The molecule has 1 aliphatic heterocycles. The standard InChI is InChI=1S/C14H20N4O3/c1-4-12(19)17(5-2)9-13(20)18-8-6-7-11(18)14-16-15-10(3)21-14/h4,11H,1,5-9H2,2-3H3. The lowest BCUT2D eigenvalue weighted by atomic mass is 10.2. The van der Waals surface area contributed by atoms with Gasteiger partial charge in [0.1, 0.15) is 12.6 Å². The lowest BCUT2D eigenvalue weighted by molar-refractivity contribution is -0.139. The maximum absolute atomic E-state index is 12.4. The first-order chi connectivity index (χ1) is 10.1. The number of carbonyl (C=O) groups excluding carboxylic acids is 2. The topological polar surface area (TPSA) is 79.5 Å². The van der Waals surface area contributed by atoms with Crippen LogP contribution >= 0.6 is 0 Å². The fourth-order valence-corrected chi connectivity index (χ4v) is 2.50. The summed E-state index contributed by atoms with van der Waals surface area (Å²) in [5, 5.41) is 7.81. The third-order valence-corrected chi connectivity index (χ3v) is 3.59. The molecule has 114 valence electrons. The Hall–Kier alpha value is -2.18. The lowest BCUT2D eigenvalue weighted by Gasteiger charge is -2.26. The van der Waals surface area contributed by atoms with Crippen LogP contribution in [-0.4, -0.2) is 51.4 Å². The largest absolute Gasteiger partial charge is 0.423 e. The molecule has 1 fully saturated rings. The smallest absolute Gasteiger partial charge is 0.246 e. The summed E-state index contributed by atoms with van der Waals surface area (Å²) in [4.78, 5) is 27.3. The molecule has 1 unspecified atom stereocenters. The van der Waals surface area contributed by atoms with Crippen LogP contribution in [0.5, 0.6) is 0 Å². The minimum absolute atomic E-state index is 0.0466. The number of amides is 2. The molecule has 0 radical (unpaired) electrons. The van der Waals surface area contributed by atoms with Gasteiger partial charge in [-0.05, 0) is 25.8 Å². The van der Waals surface area contributed by atoms with Crippen molar-refractivity contribution in [3.8, 4) is 0 Å². The zero-order chi connectivity index (χ0) is 15.4. The van der Waals surface area contributed by atoms with Gasteiger partial charge in [0.05, 0.1) is 0 Å². The molecule has 1 atom stereocenters. The Labute approximate surface area is 123 Å². The van der Waals surface area contributed by atoms with E-state index in [-0.39, 0.29) is 24.4 Å². The van der Waals surface area contributed by atoms with E-state index in [4.69, 9.17) is 4.42 Å². The number of rotatable bonds is 5. The average Bonchev–Trinajstić information content (AvgIpc) is 3.11. The van der Waals surface area contributed by atoms with Crippen molar-refractivity contribution in [2.24, 2.45) is 0 Å². The highest BCUT2D eigenvalue weighted by Gasteiger charge is 2.34. The van der Waals surface area contributed by atoms with Crippen LogP contribution in [0.25, 0.3) is 0 Å².